The highest BCUT2D eigenvalue weighted by molar-refractivity contribution is 7.13. The average Bonchev–Trinajstić information content (AvgIpc) is 3.14. The number of H-pyrrole nitrogens is 1. The predicted octanol–water partition coefficient (Wildman–Crippen LogP) is 1.53. The van der Waals surface area contributed by atoms with Crippen LogP contribution in [0.3, 0.4) is 0 Å². The number of likely N-dealkylation sites (N-methyl/N-ethyl adjacent to an activating group) is 1. The molecule has 1 aliphatic heterocycles. The Kier molecular flexibility index (Phi) is 3.27. The minimum absolute atomic E-state index is 0.153. The Balaban J connectivity index is 1.79. The summed E-state index contributed by atoms with van der Waals surface area (Å²) in [4.78, 5) is 26.4. The van der Waals surface area contributed by atoms with Crippen molar-refractivity contribution in [1.82, 2.24) is 15.1 Å². The zero-order chi connectivity index (χ0) is 14.1. The smallest absolute Gasteiger partial charge is 0.342 e. The summed E-state index contributed by atoms with van der Waals surface area (Å²) in [6, 6.07) is 3.79. The van der Waals surface area contributed by atoms with Gasteiger partial charge in [-0.25, -0.2) is 4.79 Å². The van der Waals surface area contributed by atoms with E-state index in [4.69, 9.17) is 4.74 Å². The molecule has 1 saturated heterocycles. The van der Waals surface area contributed by atoms with Gasteiger partial charge in [-0.15, -0.1) is 11.3 Å². The van der Waals surface area contributed by atoms with E-state index in [1.54, 1.807) is 11.9 Å². The number of carbonyl (C=O) groups excluding carboxylic acids is 2. The molecule has 1 atom stereocenters. The Bertz CT molecular complexity index is 635. The molecule has 0 radical (unpaired) electrons. The van der Waals surface area contributed by atoms with Gasteiger partial charge in [-0.3, -0.25) is 9.89 Å². The van der Waals surface area contributed by atoms with Crippen LogP contribution in [0.15, 0.2) is 23.7 Å². The van der Waals surface area contributed by atoms with Crippen molar-refractivity contribution < 1.29 is 14.3 Å². The van der Waals surface area contributed by atoms with Crippen LogP contribution in [0.1, 0.15) is 16.8 Å². The van der Waals surface area contributed by atoms with Crippen molar-refractivity contribution in [3.8, 4) is 10.6 Å². The monoisotopic (exact) mass is 291 g/mol. The van der Waals surface area contributed by atoms with E-state index in [9.17, 15) is 9.59 Å². The largest absolute Gasteiger partial charge is 0.448 e. The van der Waals surface area contributed by atoms with E-state index in [0.717, 1.165) is 4.88 Å². The number of likely N-dealkylation sites (tertiary alicyclic amines) is 1. The lowest BCUT2D eigenvalue weighted by Crippen LogP contribution is -2.29. The zero-order valence-corrected chi connectivity index (χ0v) is 11.6. The molecule has 3 rings (SSSR count). The molecule has 0 bridgehead atoms. The third kappa shape index (κ3) is 2.20. The average molecular weight is 291 g/mol. The van der Waals surface area contributed by atoms with Crippen molar-refractivity contribution in [2.24, 2.45) is 0 Å². The molecule has 2 aromatic rings. The molecule has 0 aromatic carbocycles. The topological polar surface area (TPSA) is 75.3 Å². The summed E-state index contributed by atoms with van der Waals surface area (Å²) in [6.07, 6.45) is 1.28. The Morgan fingerprint density at radius 1 is 1.60 bits per heavy atom. The third-order valence-electron chi connectivity index (χ3n) is 3.25. The highest BCUT2D eigenvalue weighted by atomic mass is 32.1. The fourth-order valence-electron chi connectivity index (χ4n) is 2.14. The van der Waals surface area contributed by atoms with Gasteiger partial charge < -0.3 is 9.64 Å². The summed E-state index contributed by atoms with van der Waals surface area (Å²) in [5.74, 6) is -0.671. The van der Waals surface area contributed by atoms with Gasteiger partial charge in [0.05, 0.1) is 16.8 Å². The van der Waals surface area contributed by atoms with Gasteiger partial charge in [0.25, 0.3) is 5.91 Å². The number of hydrogen-bond donors (Lipinski definition) is 1. The quantitative estimate of drug-likeness (QED) is 0.870. The van der Waals surface area contributed by atoms with Gasteiger partial charge in [-0.1, -0.05) is 6.07 Å². The second-order valence-electron chi connectivity index (χ2n) is 4.58. The van der Waals surface area contributed by atoms with E-state index in [1.807, 2.05) is 17.5 Å². The zero-order valence-electron chi connectivity index (χ0n) is 10.8. The van der Waals surface area contributed by atoms with Crippen LogP contribution < -0.4 is 0 Å². The molecule has 7 heteroatoms. The van der Waals surface area contributed by atoms with E-state index >= 15 is 0 Å². The lowest BCUT2D eigenvalue weighted by atomic mass is 10.2. The lowest BCUT2D eigenvalue weighted by Gasteiger charge is -2.11. The second kappa shape index (κ2) is 5.09. The Hall–Kier alpha value is -2.15. The number of aromatic nitrogens is 2. The minimum Gasteiger partial charge on any atom is -0.448 e. The number of rotatable bonds is 3. The van der Waals surface area contributed by atoms with Crippen LogP contribution in [-0.4, -0.2) is 46.7 Å². The normalized spacial score (nSPS) is 18.6. The first kappa shape index (κ1) is 12.9. The van der Waals surface area contributed by atoms with Gasteiger partial charge >= 0.3 is 5.97 Å². The van der Waals surface area contributed by atoms with Crippen molar-refractivity contribution in [3.05, 3.63) is 29.3 Å². The number of nitrogens with one attached hydrogen (secondary N) is 1. The van der Waals surface area contributed by atoms with Crippen LogP contribution in [0.4, 0.5) is 0 Å². The fourth-order valence-corrected chi connectivity index (χ4v) is 2.88. The van der Waals surface area contributed by atoms with Crippen LogP contribution in [0, 0.1) is 0 Å². The number of aromatic amines is 1. The van der Waals surface area contributed by atoms with Gasteiger partial charge in [0.2, 0.25) is 0 Å². The number of ether oxygens (including phenoxy) is 1. The molecule has 0 saturated carbocycles. The highest BCUT2D eigenvalue weighted by Gasteiger charge is 2.33. The van der Waals surface area contributed by atoms with E-state index in [1.165, 1.54) is 17.5 Å². The van der Waals surface area contributed by atoms with Gasteiger partial charge in [-0.2, -0.15) is 5.10 Å². The maximum Gasteiger partial charge on any atom is 0.342 e. The lowest BCUT2D eigenvalue weighted by molar-refractivity contribution is -0.133. The van der Waals surface area contributed by atoms with E-state index in [-0.39, 0.29) is 5.91 Å². The first-order valence-corrected chi connectivity index (χ1v) is 7.08. The summed E-state index contributed by atoms with van der Waals surface area (Å²) >= 11 is 1.50. The SMILES string of the molecule is CN1CCC(OC(=O)c2cn[nH]c2-c2cccs2)C1=O. The third-order valence-corrected chi connectivity index (χ3v) is 4.14. The molecule has 2 aromatic heterocycles. The molecule has 3 heterocycles. The molecule has 1 N–H and O–H groups in total. The summed E-state index contributed by atoms with van der Waals surface area (Å²) in [5.41, 5.74) is 0.985. The summed E-state index contributed by atoms with van der Waals surface area (Å²) in [7, 11) is 1.70. The molecule has 20 heavy (non-hydrogen) atoms. The maximum atomic E-state index is 12.2. The first-order valence-electron chi connectivity index (χ1n) is 6.20. The van der Waals surface area contributed by atoms with E-state index in [2.05, 4.69) is 10.2 Å². The number of thiophene rings is 1. The number of nitrogens with zero attached hydrogens (tertiary/aromatic N) is 2. The van der Waals surface area contributed by atoms with Gasteiger partial charge in [0, 0.05) is 20.0 Å². The van der Waals surface area contributed by atoms with E-state index < -0.39 is 12.1 Å². The van der Waals surface area contributed by atoms with Crippen LogP contribution in [0.5, 0.6) is 0 Å². The second-order valence-corrected chi connectivity index (χ2v) is 5.53. The van der Waals surface area contributed by atoms with E-state index in [0.29, 0.717) is 24.2 Å². The molecule has 6 nitrogen and oxygen atoms in total. The standard InChI is InChI=1S/C13H13N3O3S/c1-16-5-4-9(12(16)17)19-13(18)8-7-14-15-11(8)10-3-2-6-20-10/h2-3,6-7,9H,4-5H2,1H3,(H,14,15). The summed E-state index contributed by atoms with van der Waals surface area (Å²) in [6.45, 7) is 0.611. The Labute approximate surface area is 119 Å². The molecular formula is C13H13N3O3S. The van der Waals surface area contributed by atoms with Gasteiger partial charge in [-0.05, 0) is 11.4 Å². The number of carbonyl (C=O) groups is 2. The number of amides is 1. The van der Waals surface area contributed by atoms with Crippen LogP contribution in [-0.2, 0) is 9.53 Å². The van der Waals surface area contributed by atoms with Crippen LogP contribution in [0.25, 0.3) is 10.6 Å². The molecule has 1 amide bonds. The van der Waals surface area contributed by atoms with Crippen molar-refractivity contribution in [3.63, 3.8) is 0 Å². The summed E-state index contributed by atoms with van der Waals surface area (Å²) in [5, 5.41) is 8.61. The van der Waals surface area contributed by atoms with Crippen molar-refractivity contribution >= 4 is 23.2 Å². The first-order chi connectivity index (χ1) is 9.66. The summed E-state index contributed by atoms with van der Waals surface area (Å²) < 4.78 is 5.29. The highest BCUT2D eigenvalue weighted by Crippen LogP contribution is 2.27. The van der Waals surface area contributed by atoms with Crippen molar-refractivity contribution in [1.29, 1.82) is 0 Å². The predicted molar refractivity (Wildman–Crippen MR) is 73.4 cm³/mol. The van der Waals surface area contributed by atoms with Crippen LogP contribution in [0.2, 0.25) is 0 Å². The minimum atomic E-state index is -0.682. The van der Waals surface area contributed by atoms with Gasteiger partial charge in [0.1, 0.15) is 5.56 Å². The molecule has 1 aliphatic rings. The fraction of sp³-hybridized carbons (Fsp3) is 0.308. The maximum absolute atomic E-state index is 12.2. The Morgan fingerprint density at radius 2 is 2.45 bits per heavy atom. The Morgan fingerprint density at radius 3 is 3.10 bits per heavy atom. The molecule has 1 unspecified atom stereocenters. The van der Waals surface area contributed by atoms with Gasteiger partial charge in [0.15, 0.2) is 6.10 Å². The number of esters is 1. The molecule has 0 spiro atoms. The molecule has 104 valence electrons. The molecule has 0 aliphatic carbocycles. The molecule has 1 fully saturated rings. The van der Waals surface area contributed by atoms with Crippen molar-refractivity contribution in [2.75, 3.05) is 13.6 Å². The number of hydrogen-bond acceptors (Lipinski definition) is 5. The van der Waals surface area contributed by atoms with Crippen LogP contribution >= 0.6 is 11.3 Å². The van der Waals surface area contributed by atoms with Crippen molar-refractivity contribution in [2.45, 2.75) is 12.5 Å². The molecular weight excluding hydrogens is 278 g/mol.